The molecule has 0 aliphatic carbocycles. The number of methoxy groups -OCH3 is 2. The first kappa shape index (κ1) is 18.0. The summed E-state index contributed by atoms with van der Waals surface area (Å²) in [7, 11) is 3.22. The van der Waals surface area contributed by atoms with Crippen molar-refractivity contribution >= 4 is 34.8 Å². The zero-order chi connectivity index (χ0) is 15.8. The molecule has 0 atom stereocenters. The zero-order valence-corrected chi connectivity index (χ0v) is 13.7. The van der Waals surface area contributed by atoms with Gasteiger partial charge in [0.2, 0.25) is 0 Å². The van der Waals surface area contributed by atoms with E-state index >= 15 is 0 Å². The van der Waals surface area contributed by atoms with Crippen LogP contribution in [0.5, 0.6) is 0 Å². The van der Waals surface area contributed by atoms with Crippen LogP contribution >= 0.6 is 23.2 Å². The first-order valence-corrected chi connectivity index (χ1v) is 7.28. The van der Waals surface area contributed by atoms with Gasteiger partial charge in [0.25, 0.3) is 5.91 Å². The van der Waals surface area contributed by atoms with Crippen LogP contribution in [0.1, 0.15) is 16.8 Å². The maximum atomic E-state index is 12.5. The van der Waals surface area contributed by atoms with Gasteiger partial charge in [-0.05, 0) is 18.6 Å². The summed E-state index contributed by atoms with van der Waals surface area (Å²) in [6.07, 6.45) is 0.738. The van der Waals surface area contributed by atoms with Crippen molar-refractivity contribution in [1.29, 1.82) is 0 Å². The molecule has 0 bridgehead atoms. The molecule has 0 saturated carbocycles. The van der Waals surface area contributed by atoms with Gasteiger partial charge in [-0.15, -0.1) is 0 Å². The highest BCUT2D eigenvalue weighted by Gasteiger charge is 2.17. The molecule has 1 amide bonds. The second-order valence-electron chi connectivity index (χ2n) is 4.48. The Kier molecular flexibility index (Phi) is 7.82. The number of hydrogen-bond acceptors (Lipinski definition) is 4. The lowest BCUT2D eigenvalue weighted by Gasteiger charge is -2.22. The van der Waals surface area contributed by atoms with Crippen molar-refractivity contribution in [3.8, 4) is 0 Å². The molecule has 0 fully saturated rings. The topological polar surface area (TPSA) is 64.8 Å². The van der Waals surface area contributed by atoms with Crippen molar-refractivity contribution in [2.24, 2.45) is 0 Å². The van der Waals surface area contributed by atoms with Gasteiger partial charge >= 0.3 is 0 Å². The van der Waals surface area contributed by atoms with Crippen molar-refractivity contribution < 1.29 is 14.3 Å². The van der Waals surface area contributed by atoms with Gasteiger partial charge in [0, 0.05) is 39.5 Å². The highest BCUT2D eigenvalue weighted by molar-refractivity contribution is 6.39. The molecule has 0 spiro atoms. The number of halogens is 2. The van der Waals surface area contributed by atoms with Crippen LogP contribution in [0.25, 0.3) is 0 Å². The molecule has 0 unspecified atom stereocenters. The summed E-state index contributed by atoms with van der Waals surface area (Å²) in [6, 6.07) is 3.06. The molecule has 1 aromatic carbocycles. The Balaban J connectivity index is 2.87. The van der Waals surface area contributed by atoms with Gasteiger partial charge in [-0.1, -0.05) is 23.2 Å². The summed E-state index contributed by atoms with van der Waals surface area (Å²) in [6.45, 7) is 2.09. The standard InChI is InChI=1S/C14H20Cl2N2O3/c1-20-6-3-4-18(5-7-21-2)14(19)10-8-11(15)13(17)12(16)9-10/h8-9H,3-7,17H2,1-2H3. The van der Waals surface area contributed by atoms with E-state index in [9.17, 15) is 4.79 Å². The summed E-state index contributed by atoms with van der Waals surface area (Å²) in [4.78, 5) is 14.2. The fraction of sp³-hybridized carbons (Fsp3) is 0.500. The Labute approximate surface area is 134 Å². The molecule has 1 rings (SSSR count). The SMILES string of the molecule is COCCCN(CCOC)C(=O)c1cc(Cl)c(N)c(Cl)c1. The van der Waals surface area contributed by atoms with E-state index in [0.717, 1.165) is 6.42 Å². The second-order valence-corrected chi connectivity index (χ2v) is 5.30. The van der Waals surface area contributed by atoms with Gasteiger partial charge in [-0.2, -0.15) is 0 Å². The maximum absolute atomic E-state index is 12.5. The molecule has 0 radical (unpaired) electrons. The quantitative estimate of drug-likeness (QED) is 0.586. The van der Waals surface area contributed by atoms with Crippen LogP contribution in [0.3, 0.4) is 0 Å². The molecule has 0 aromatic heterocycles. The minimum atomic E-state index is -0.160. The fourth-order valence-corrected chi connectivity index (χ4v) is 2.29. The number of rotatable bonds is 8. The van der Waals surface area contributed by atoms with E-state index in [1.807, 2.05) is 0 Å². The first-order chi connectivity index (χ1) is 10.0. The summed E-state index contributed by atoms with van der Waals surface area (Å²) in [5.41, 5.74) is 6.37. The van der Waals surface area contributed by atoms with Crippen LogP contribution < -0.4 is 5.73 Å². The molecule has 0 aliphatic heterocycles. The minimum absolute atomic E-state index is 0.160. The Bertz CT molecular complexity index is 460. The number of carbonyl (C=O) groups excluding carboxylic acids is 1. The number of anilines is 1. The number of benzene rings is 1. The van der Waals surface area contributed by atoms with Crippen LogP contribution in [-0.4, -0.2) is 51.3 Å². The summed E-state index contributed by atoms with van der Waals surface area (Å²) in [5.74, 6) is -0.160. The molecule has 7 heteroatoms. The predicted molar refractivity (Wildman–Crippen MR) is 85.1 cm³/mol. The lowest BCUT2D eigenvalue weighted by atomic mass is 10.1. The number of hydrogen-bond donors (Lipinski definition) is 1. The normalized spacial score (nSPS) is 10.7. The van der Waals surface area contributed by atoms with Crippen LogP contribution in [-0.2, 0) is 9.47 Å². The molecular weight excluding hydrogens is 315 g/mol. The van der Waals surface area contributed by atoms with Crippen molar-refractivity contribution in [2.75, 3.05) is 46.3 Å². The third-order valence-electron chi connectivity index (χ3n) is 2.96. The van der Waals surface area contributed by atoms with E-state index in [0.29, 0.717) is 31.9 Å². The Morgan fingerprint density at radius 1 is 1.14 bits per heavy atom. The van der Waals surface area contributed by atoms with E-state index < -0.39 is 0 Å². The predicted octanol–water partition coefficient (Wildman–Crippen LogP) is 2.70. The van der Waals surface area contributed by atoms with Gasteiger partial charge < -0.3 is 20.1 Å². The highest BCUT2D eigenvalue weighted by atomic mass is 35.5. The second kappa shape index (κ2) is 9.10. The zero-order valence-electron chi connectivity index (χ0n) is 12.2. The van der Waals surface area contributed by atoms with Crippen LogP contribution in [0.2, 0.25) is 10.0 Å². The molecule has 0 heterocycles. The van der Waals surface area contributed by atoms with Crippen LogP contribution in [0, 0.1) is 0 Å². The Hall–Kier alpha value is -1.01. The summed E-state index contributed by atoms with van der Waals surface area (Å²) in [5, 5.41) is 0.545. The molecule has 0 aliphatic rings. The monoisotopic (exact) mass is 334 g/mol. The van der Waals surface area contributed by atoms with Crippen molar-refractivity contribution in [3.63, 3.8) is 0 Å². The lowest BCUT2D eigenvalue weighted by Crippen LogP contribution is -2.35. The van der Waals surface area contributed by atoms with E-state index in [1.165, 1.54) is 12.1 Å². The van der Waals surface area contributed by atoms with Gasteiger partial charge in [0.05, 0.1) is 22.3 Å². The minimum Gasteiger partial charge on any atom is -0.396 e. The average molecular weight is 335 g/mol. The Morgan fingerprint density at radius 2 is 1.71 bits per heavy atom. The van der Waals surface area contributed by atoms with Crippen molar-refractivity contribution in [2.45, 2.75) is 6.42 Å². The van der Waals surface area contributed by atoms with Gasteiger partial charge in [-0.25, -0.2) is 0 Å². The smallest absolute Gasteiger partial charge is 0.254 e. The number of carbonyl (C=O) groups is 1. The number of nitrogen functional groups attached to an aromatic ring is 1. The van der Waals surface area contributed by atoms with Gasteiger partial charge in [0.1, 0.15) is 0 Å². The lowest BCUT2D eigenvalue weighted by molar-refractivity contribution is 0.0674. The molecule has 1 aromatic rings. The third-order valence-corrected chi connectivity index (χ3v) is 3.58. The number of amides is 1. The molecule has 0 saturated heterocycles. The van der Waals surface area contributed by atoms with Gasteiger partial charge in [0.15, 0.2) is 0 Å². The fourth-order valence-electron chi connectivity index (χ4n) is 1.81. The molecule has 118 valence electrons. The summed E-state index contributed by atoms with van der Waals surface area (Å²) >= 11 is 11.9. The van der Waals surface area contributed by atoms with Crippen LogP contribution in [0.15, 0.2) is 12.1 Å². The number of nitrogens with two attached hydrogens (primary N) is 1. The van der Waals surface area contributed by atoms with E-state index in [-0.39, 0.29) is 21.6 Å². The third kappa shape index (κ3) is 5.36. The molecule has 2 N–H and O–H groups in total. The molecule has 5 nitrogen and oxygen atoms in total. The van der Waals surface area contributed by atoms with Crippen LogP contribution in [0.4, 0.5) is 5.69 Å². The molecular formula is C14H20Cl2N2O3. The number of ether oxygens (including phenoxy) is 2. The number of nitrogens with zero attached hydrogens (tertiary/aromatic N) is 1. The average Bonchev–Trinajstić information content (AvgIpc) is 2.47. The first-order valence-electron chi connectivity index (χ1n) is 6.53. The maximum Gasteiger partial charge on any atom is 0.254 e. The summed E-state index contributed by atoms with van der Waals surface area (Å²) < 4.78 is 10.0. The van der Waals surface area contributed by atoms with E-state index in [2.05, 4.69) is 0 Å². The van der Waals surface area contributed by atoms with Crippen molar-refractivity contribution in [3.05, 3.63) is 27.7 Å². The van der Waals surface area contributed by atoms with Gasteiger partial charge in [-0.3, -0.25) is 4.79 Å². The highest BCUT2D eigenvalue weighted by Crippen LogP contribution is 2.29. The largest absolute Gasteiger partial charge is 0.396 e. The van der Waals surface area contributed by atoms with Crippen molar-refractivity contribution in [1.82, 2.24) is 4.90 Å². The Morgan fingerprint density at radius 3 is 2.24 bits per heavy atom. The molecule has 21 heavy (non-hydrogen) atoms. The van der Waals surface area contributed by atoms with E-state index in [4.69, 9.17) is 38.4 Å². The van der Waals surface area contributed by atoms with E-state index in [1.54, 1.807) is 19.1 Å².